The van der Waals surface area contributed by atoms with Crippen LogP contribution in [-0.2, 0) is 0 Å². The lowest BCUT2D eigenvalue weighted by Crippen LogP contribution is -2.43. The van der Waals surface area contributed by atoms with Crippen molar-refractivity contribution in [2.24, 2.45) is 0 Å². The number of hydrogen-bond donors (Lipinski definition) is 2. The van der Waals surface area contributed by atoms with Crippen LogP contribution >= 0.6 is 0 Å². The minimum absolute atomic E-state index is 0.476. The lowest BCUT2D eigenvalue weighted by Gasteiger charge is -2.29. The molecule has 0 bridgehead atoms. The highest BCUT2D eigenvalue weighted by atomic mass is 15.3. The Morgan fingerprint density at radius 1 is 0.912 bits per heavy atom. The molecule has 166 valence electrons. The third-order valence-electron chi connectivity index (χ3n) is 6.27. The van der Waals surface area contributed by atoms with Crippen molar-refractivity contribution in [3.63, 3.8) is 0 Å². The molecule has 6 rings (SSSR count). The van der Waals surface area contributed by atoms with Gasteiger partial charge in [-0.15, -0.1) is 5.10 Å². The zero-order valence-electron chi connectivity index (χ0n) is 18.6. The molecule has 0 atom stereocenters. The maximum absolute atomic E-state index is 9.80. The molecule has 0 spiro atoms. The number of aromatic nitrogens is 3. The van der Waals surface area contributed by atoms with Crippen LogP contribution in [-0.4, -0.2) is 40.8 Å². The average molecular weight is 446 g/mol. The van der Waals surface area contributed by atoms with E-state index in [1.807, 2.05) is 36.4 Å². The minimum Gasteiger partial charge on any atom is -0.369 e. The largest absolute Gasteiger partial charge is 0.369 e. The van der Waals surface area contributed by atoms with Gasteiger partial charge in [0.25, 0.3) is 0 Å². The minimum atomic E-state index is 0.476. The SMILES string of the molecule is N#Cc1cc2cnc(Nc3ccc(N4CCNCC4)cc3)nn2c1-c1ccc2ccccc2c1. The summed E-state index contributed by atoms with van der Waals surface area (Å²) in [4.78, 5) is 6.85. The smallest absolute Gasteiger partial charge is 0.245 e. The van der Waals surface area contributed by atoms with E-state index < -0.39 is 0 Å². The van der Waals surface area contributed by atoms with Gasteiger partial charge in [-0.3, -0.25) is 0 Å². The number of benzene rings is 3. The summed E-state index contributed by atoms with van der Waals surface area (Å²) in [5.74, 6) is 0.476. The van der Waals surface area contributed by atoms with Gasteiger partial charge < -0.3 is 15.5 Å². The van der Waals surface area contributed by atoms with Crippen molar-refractivity contribution in [3.05, 3.63) is 84.6 Å². The van der Waals surface area contributed by atoms with Crippen molar-refractivity contribution in [2.45, 2.75) is 0 Å². The number of nitrogens with one attached hydrogen (secondary N) is 2. The van der Waals surface area contributed by atoms with E-state index in [4.69, 9.17) is 5.10 Å². The molecule has 0 amide bonds. The van der Waals surface area contributed by atoms with Gasteiger partial charge in [0.1, 0.15) is 6.07 Å². The summed E-state index contributed by atoms with van der Waals surface area (Å²) in [7, 11) is 0. The van der Waals surface area contributed by atoms with Crippen LogP contribution in [0.15, 0.2) is 79.0 Å². The third kappa shape index (κ3) is 3.70. The highest BCUT2D eigenvalue weighted by Gasteiger charge is 2.15. The second-order valence-electron chi connectivity index (χ2n) is 8.41. The fourth-order valence-electron chi connectivity index (χ4n) is 4.53. The number of anilines is 3. The van der Waals surface area contributed by atoms with Gasteiger partial charge in [0.15, 0.2) is 0 Å². The summed E-state index contributed by atoms with van der Waals surface area (Å²) >= 11 is 0. The van der Waals surface area contributed by atoms with E-state index in [0.29, 0.717) is 11.5 Å². The molecule has 1 saturated heterocycles. The first-order valence-corrected chi connectivity index (χ1v) is 11.4. The van der Waals surface area contributed by atoms with E-state index in [9.17, 15) is 5.26 Å². The second-order valence-corrected chi connectivity index (χ2v) is 8.41. The molecule has 0 aliphatic carbocycles. The predicted molar refractivity (Wildman–Crippen MR) is 135 cm³/mol. The number of piperazine rings is 1. The lowest BCUT2D eigenvalue weighted by molar-refractivity contribution is 0.589. The van der Waals surface area contributed by atoms with Gasteiger partial charge in [-0.2, -0.15) is 5.26 Å². The normalized spacial score (nSPS) is 13.8. The molecule has 1 aliphatic heterocycles. The van der Waals surface area contributed by atoms with Crippen molar-refractivity contribution >= 4 is 33.6 Å². The molecule has 3 aromatic carbocycles. The van der Waals surface area contributed by atoms with Crippen LogP contribution in [0.2, 0.25) is 0 Å². The second kappa shape index (κ2) is 8.50. The monoisotopic (exact) mass is 445 g/mol. The van der Waals surface area contributed by atoms with Crippen molar-refractivity contribution in [1.29, 1.82) is 5.26 Å². The number of nitrogens with zero attached hydrogens (tertiary/aromatic N) is 5. The summed E-state index contributed by atoms with van der Waals surface area (Å²) in [6.07, 6.45) is 1.75. The van der Waals surface area contributed by atoms with Crippen LogP contribution in [0.25, 0.3) is 27.5 Å². The Bertz CT molecular complexity index is 1520. The third-order valence-corrected chi connectivity index (χ3v) is 6.27. The molecule has 1 aliphatic rings. The predicted octanol–water partition coefficient (Wildman–Crippen LogP) is 4.57. The standard InChI is InChI=1S/C27H23N7/c28-17-22-16-25-18-30-27(31-23-7-9-24(10-8-23)33-13-11-29-12-14-33)32-34(25)26(22)21-6-5-19-3-1-2-4-20(19)15-21/h1-10,15-16,18,29H,11-14H2,(H,31,32). The first kappa shape index (κ1) is 20.2. The van der Waals surface area contributed by atoms with Gasteiger partial charge in [-0.25, -0.2) is 9.50 Å². The van der Waals surface area contributed by atoms with E-state index in [1.54, 1.807) is 10.7 Å². The molecule has 7 heteroatoms. The highest BCUT2D eigenvalue weighted by molar-refractivity contribution is 5.88. The molecule has 0 radical (unpaired) electrons. The summed E-state index contributed by atoms with van der Waals surface area (Å²) in [6.45, 7) is 4.04. The number of hydrogen-bond acceptors (Lipinski definition) is 6. The van der Waals surface area contributed by atoms with Crippen molar-refractivity contribution in [1.82, 2.24) is 19.9 Å². The Labute approximate surface area is 197 Å². The zero-order chi connectivity index (χ0) is 22.9. The first-order chi connectivity index (χ1) is 16.8. The van der Waals surface area contributed by atoms with Gasteiger partial charge in [-0.1, -0.05) is 36.4 Å². The van der Waals surface area contributed by atoms with Gasteiger partial charge in [-0.05, 0) is 47.2 Å². The van der Waals surface area contributed by atoms with Crippen LogP contribution in [0.4, 0.5) is 17.3 Å². The Balaban J connectivity index is 1.34. The fourth-order valence-corrected chi connectivity index (χ4v) is 4.53. The first-order valence-electron chi connectivity index (χ1n) is 11.4. The molecule has 0 unspecified atom stereocenters. The molecule has 3 heterocycles. The van der Waals surface area contributed by atoms with Crippen LogP contribution in [0.5, 0.6) is 0 Å². The van der Waals surface area contributed by atoms with Crippen molar-refractivity contribution in [2.75, 3.05) is 36.4 Å². The van der Waals surface area contributed by atoms with E-state index in [-0.39, 0.29) is 0 Å². The van der Waals surface area contributed by atoms with E-state index >= 15 is 0 Å². The van der Waals surface area contributed by atoms with Crippen molar-refractivity contribution < 1.29 is 0 Å². The topological polar surface area (TPSA) is 81.3 Å². The van der Waals surface area contributed by atoms with Crippen molar-refractivity contribution in [3.8, 4) is 17.3 Å². The van der Waals surface area contributed by atoms with E-state index in [0.717, 1.165) is 59.4 Å². The quantitative estimate of drug-likeness (QED) is 0.422. The van der Waals surface area contributed by atoms with E-state index in [1.165, 1.54) is 5.69 Å². The van der Waals surface area contributed by atoms with Crippen LogP contribution in [0.3, 0.4) is 0 Å². The fraction of sp³-hybridized carbons (Fsp3) is 0.148. The van der Waals surface area contributed by atoms with E-state index in [2.05, 4.69) is 63.0 Å². The van der Waals surface area contributed by atoms with Crippen LogP contribution in [0.1, 0.15) is 5.56 Å². The Hall–Kier alpha value is -4.41. The molecular formula is C27H23N7. The number of rotatable bonds is 4. The molecule has 2 aromatic heterocycles. The maximum atomic E-state index is 9.80. The lowest BCUT2D eigenvalue weighted by atomic mass is 10.0. The van der Waals surface area contributed by atoms with Crippen LogP contribution < -0.4 is 15.5 Å². The maximum Gasteiger partial charge on any atom is 0.245 e. The summed E-state index contributed by atoms with van der Waals surface area (Å²) in [6, 6.07) is 26.9. The zero-order valence-corrected chi connectivity index (χ0v) is 18.6. The van der Waals surface area contributed by atoms with Gasteiger partial charge in [0.2, 0.25) is 5.95 Å². The molecule has 0 saturated carbocycles. The molecule has 5 aromatic rings. The van der Waals surface area contributed by atoms with Gasteiger partial charge in [0.05, 0.1) is 23.0 Å². The summed E-state index contributed by atoms with van der Waals surface area (Å²) < 4.78 is 1.80. The number of nitriles is 1. The number of fused-ring (bicyclic) bond motifs is 2. The Kier molecular flexibility index (Phi) is 5.06. The Morgan fingerprint density at radius 3 is 2.50 bits per heavy atom. The summed E-state index contributed by atoms with van der Waals surface area (Å²) in [5.41, 5.74) is 5.19. The molecular weight excluding hydrogens is 422 g/mol. The molecule has 7 nitrogen and oxygen atoms in total. The summed E-state index contributed by atoms with van der Waals surface area (Å²) in [5, 5.41) is 23.5. The highest BCUT2D eigenvalue weighted by Crippen LogP contribution is 2.30. The van der Waals surface area contributed by atoms with Gasteiger partial charge in [0, 0.05) is 43.1 Å². The molecule has 1 fully saturated rings. The van der Waals surface area contributed by atoms with Crippen LogP contribution in [0, 0.1) is 11.3 Å². The molecule has 34 heavy (non-hydrogen) atoms. The average Bonchev–Trinajstić information content (AvgIpc) is 3.27. The Morgan fingerprint density at radius 2 is 1.71 bits per heavy atom. The molecule has 2 N–H and O–H groups in total. The van der Waals surface area contributed by atoms with Gasteiger partial charge >= 0.3 is 0 Å².